The molecular weight excluding hydrogens is 344 g/mol. The van der Waals surface area contributed by atoms with Gasteiger partial charge in [0.15, 0.2) is 0 Å². The van der Waals surface area contributed by atoms with Crippen molar-refractivity contribution in [2.45, 2.75) is 23.8 Å². The summed E-state index contributed by atoms with van der Waals surface area (Å²) in [5.41, 5.74) is 0.219. The molecule has 25 heavy (non-hydrogen) atoms. The van der Waals surface area contributed by atoms with Crippen LogP contribution in [0.25, 0.3) is 0 Å². The molecule has 1 amide bonds. The molecule has 1 saturated heterocycles. The number of aromatic nitrogens is 1. The Balaban J connectivity index is 1.60. The van der Waals surface area contributed by atoms with Crippen LogP contribution in [0.5, 0.6) is 5.75 Å². The average molecular weight is 362 g/mol. The molecule has 1 N–H and O–H groups in total. The number of nitrogens with one attached hydrogen (secondary N) is 1. The lowest BCUT2D eigenvalue weighted by atomic mass is 10.2. The summed E-state index contributed by atoms with van der Waals surface area (Å²) in [6.07, 6.45) is 4.76. The summed E-state index contributed by atoms with van der Waals surface area (Å²) in [4.78, 5) is 15.8. The number of nitrogens with zero attached hydrogens (tertiary/aromatic N) is 1. The predicted octanol–water partition coefficient (Wildman–Crippen LogP) is 1.76. The number of carbonyl (C=O) groups is 1. The molecule has 0 aliphatic carbocycles. The molecule has 1 aliphatic heterocycles. The number of rotatable bonds is 6. The number of benzene rings is 1. The summed E-state index contributed by atoms with van der Waals surface area (Å²) < 4.78 is 37.3. The second-order valence-corrected chi connectivity index (χ2v) is 7.28. The Kier molecular flexibility index (Phi) is 5.30. The van der Waals surface area contributed by atoms with Crippen molar-refractivity contribution < 1.29 is 22.7 Å². The third kappa shape index (κ3) is 4.55. The minimum atomic E-state index is -3.95. The van der Waals surface area contributed by atoms with Crippen LogP contribution in [0.1, 0.15) is 23.2 Å². The van der Waals surface area contributed by atoms with Gasteiger partial charge in [-0.05, 0) is 49.2 Å². The van der Waals surface area contributed by atoms with Gasteiger partial charge >= 0.3 is 0 Å². The largest absolute Gasteiger partial charge is 0.491 e. The number of hydrogen-bond donors (Lipinski definition) is 1. The van der Waals surface area contributed by atoms with E-state index in [0.717, 1.165) is 19.4 Å². The van der Waals surface area contributed by atoms with Gasteiger partial charge in [-0.25, -0.2) is 13.1 Å². The molecule has 2 heterocycles. The molecule has 8 heteroatoms. The Morgan fingerprint density at radius 2 is 2.08 bits per heavy atom. The molecule has 0 radical (unpaired) electrons. The quantitative estimate of drug-likeness (QED) is 0.841. The van der Waals surface area contributed by atoms with Crippen LogP contribution in [0, 0.1) is 0 Å². The zero-order valence-corrected chi connectivity index (χ0v) is 14.2. The minimum Gasteiger partial charge on any atom is -0.491 e. The topological polar surface area (TPSA) is 94.6 Å². The van der Waals surface area contributed by atoms with E-state index in [-0.39, 0.29) is 16.6 Å². The van der Waals surface area contributed by atoms with Crippen LogP contribution in [0.2, 0.25) is 0 Å². The molecule has 1 aliphatic rings. The van der Waals surface area contributed by atoms with E-state index in [2.05, 4.69) is 4.98 Å². The van der Waals surface area contributed by atoms with Gasteiger partial charge in [-0.15, -0.1) is 0 Å². The molecule has 7 nitrogen and oxygen atoms in total. The van der Waals surface area contributed by atoms with Gasteiger partial charge in [-0.2, -0.15) is 0 Å². The fourth-order valence-electron chi connectivity index (χ4n) is 2.41. The smallest absolute Gasteiger partial charge is 0.265 e. The van der Waals surface area contributed by atoms with Crippen LogP contribution >= 0.6 is 0 Å². The Hall–Kier alpha value is -2.45. The van der Waals surface area contributed by atoms with Crippen molar-refractivity contribution in [1.82, 2.24) is 9.71 Å². The highest BCUT2D eigenvalue weighted by atomic mass is 32.2. The van der Waals surface area contributed by atoms with Gasteiger partial charge < -0.3 is 9.47 Å². The zero-order chi connectivity index (χ0) is 17.7. The Morgan fingerprint density at radius 3 is 2.72 bits per heavy atom. The second kappa shape index (κ2) is 7.62. The highest BCUT2D eigenvalue weighted by molar-refractivity contribution is 7.90. The van der Waals surface area contributed by atoms with E-state index in [4.69, 9.17) is 9.47 Å². The van der Waals surface area contributed by atoms with Crippen LogP contribution in [0.3, 0.4) is 0 Å². The predicted molar refractivity (Wildman–Crippen MR) is 89.8 cm³/mol. The van der Waals surface area contributed by atoms with Gasteiger partial charge in [0.25, 0.3) is 15.9 Å². The van der Waals surface area contributed by atoms with Gasteiger partial charge in [-0.1, -0.05) is 0 Å². The van der Waals surface area contributed by atoms with E-state index < -0.39 is 15.9 Å². The lowest BCUT2D eigenvalue weighted by Gasteiger charge is -2.12. The Morgan fingerprint density at radius 1 is 1.28 bits per heavy atom. The van der Waals surface area contributed by atoms with Crippen molar-refractivity contribution in [3.05, 3.63) is 54.4 Å². The number of pyridine rings is 1. The maximum absolute atomic E-state index is 12.1. The summed E-state index contributed by atoms with van der Waals surface area (Å²) in [6, 6.07) is 9.13. The van der Waals surface area contributed by atoms with Crippen molar-refractivity contribution in [2.75, 3.05) is 13.2 Å². The molecule has 0 saturated carbocycles. The number of hydrogen-bond acceptors (Lipinski definition) is 6. The van der Waals surface area contributed by atoms with Crippen molar-refractivity contribution in [1.29, 1.82) is 0 Å². The molecule has 0 bridgehead atoms. The average Bonchev–Trinajstić information content (AvgIpc) is 3.14. The first-order valence-corrected chi connectivity index (χ1v) is 9.34. The maximum Gasteiger partial charge on any atom is 0.265 e. The molecule has 1 aromatic carbocycles. The fourth-order valence-corrected chi connectivity index (χ4v) is 3.35. The van der Waals surface area contributed by atoms with E-state index in [9.17, 15) is 13.2 Å². The summed E-state index contributed by atoms with van der Waals surface area (Å²) in [6.45, 7) is 1.22. The maximum atomic E-state index is 12.1. The Bertz CT molecular complexity index is 816. The normalized spacial score (nSPS) is 17.2. The first kappa shape index (κ1) is 17.4. The lowest BCUT2D eigenvalue weighted by molar-refractivity contribution is 0.0679. The van der Waals surface area contributed by atoms with Crippen LogP contribution in [-0.2, 0) is 14.8 Å². The highest BCUT2D eigenvalue weighted by Gasteiger charge is 2.19. The van der Waals surface area contributed by atoms with E-state index in [0.29, 0.717) is 12.4 Å². The van der Waals surface area contributed by atoms with Gasteiger partial charge in [-0.3, -0.25) is 9.78 Å². The molecule has 2 aromatic rings. The van der Waals surface area contributed by atoms with Crippen molar-refractivity contribution in [3.8, 4) is 5.75 Å². The van der Waals surface area contributed by atoms with Crippen molar-refractivity contribution in [3.63, 3.8) is 0 Å². The van der Waals surface area contributed by atoms with Crippen LogP contribution < -0.4 is 9.46 Å². The molecule has 132 valence electrons. The molecule has 0 spiro atoms. The van der Waals surface area contributed by atoms with E-state index in [1.54, 1.807) is 12.1 Å². The van der Waals surface area contributed by atoms with Gasteiger partial charge in [0.2, 0.25) is 0 Å². The zero-order valence-electron chi connectivity index (χ0n) is 13.4. The molecule has 1 fully saturated rings. The van der Waals surface area contributed by atoms with Crippen LogP contribution in [-0.4, -0.2) is 38.6 Å². The monoisotopic (exact) mass is 362 g/mol. The third-order valence-corrected chi connectivity index (χ3v) is 5.06. The molecule has 1 aromatic heterocycles. The molecule has 3 rings (SSSR count). The molecular formula is C17H18N2O5S. The number of carbonyl (C=O) groups excluding carboxylic acids is 1. The van der Waals surface area contributed by atoms with E-state index in [1.165, 1.54) is 36.7 Å². The third-order valence-electron chi connectivity index (χ3n) is 3.75. The second-order valence-electron chi connectivity index (χ2n) is 5.59. The van der Waals surface area contributed by atoms with E-state index >= 15 is 0 Å². The molecule has 1 atom stereocenters. The van der Waals surface area contributed by atoms with Crippen LogP contribution in [0.4, 0.5) is 0 Å². The van der Waals surface area contributed by atoms with Gasteiger partial charge in [0.05, 0.1) is 6.10 Å². The number of sulfonamides is 1. The first-order valence-electron chi connectivity index (χ1n) is 7.86. The first-order chi connectivity index (χ1) is 12.0. The summed E-state index contributed by atoms with van der Waals surface area (Å²) in [5, 5.41) is 0. The fraction of sp³-hybridized carbons (Fsp3) is 0.294. The van der Waals surface area contributed by atoms with Crippen molar-refractivity contribution in [2.24, 2.45) is 0 Å². The Labute approximate surface area is 146 Å². The number of ether oxygens (including phenoxy) is 2. The highest BCUT2D eigenvalue weighted by Crippen LogP contribution is 2.17. The summed E-state index contributed by atoms with van der Waals surface area (Å²) in [7, 11) is -3.95. The van der Waals surface area contributed by atoms with E-state index in [1.807, 2.05) is 4.72 Å². The molecule has 1 unspecified atom stereocenters. The standard InChI is InChI=1S/C17H18N2O5S/c20-17(19-25(21,22)16-4-1-9-18-11-16)13-5-7-14(8-6-13)24-12-15-3-2-10-23-15/h1,4-9,11,15H,2-3,10,12H2,(H,19,20). The van der Waals surface area contributed by atoms with Crippen molar-refractivity contribution >= 4 is 15.9 Å². The SMILES string of the molecule is O=C(NS(=O)(=O)c1cccnc1)c1ccc(OCC2CCCO2)cc1. The lowest BCUT2D eigenvalue weighted by Crippen LogP contribution is -2.30. The summed E-state index contributed by atoms with van der Waals surface area (Å²) in [5.74, 6) is -0.114. The van der Waals surface area contributed by atoms with Gasteiger partial charge in [0.1, 0.15) is 17.3 Å². The summed E-state index contributed by atoms with van der Waals surface area (Å²) >= 11 is 0. The minimum absolute atomic E-state index is 0.0696. The number of amides is 1. The van der Waals surface area contributed by atoms with Crippen LogP contribution in [0.15, 0.2) is 53.7 Å². The van der Waals surface area contributed by atoms with Gasteiger partial charge in [0, 0.05) is 24.6 Å².